The second-order valence-electron chi connectivity index (χ2n) is 4.93. The largest absolute Gasteiger partial charge is 0.394 e. The zero-order chi connectivity index (χ0) is 15.5. The van der Waals surface area contributed by atoms with Gasteiger partial charge in [0.2, 0.25) is 0 Å². The first-order valence-corrected chi connectivity index (χ1v) is 6.80. The number of ether oxygens (including phenoxy) is 1. The average molecular weight is 315 g/mol. The topological polar surface area (TPSA) is 102 Å². The number of nitrogens with one attached hydrogen (secondary N) is 1. The van der Waals surface area contributed by atoms with Crippen LogP contribution >= 0.6 is 11.6 Å². The Labute approximate surface area is 126 Å². The third kappa shape index (κ3) is 3.49. The number of carbonyl (C=O) groups is 1. The maximum Gasteiger partial charge on any atom is 0.288 e. The molecule has 0 bridgehead atoms. The fourth-order valence-corrected chi connectivity index (χ4v) is 2.38. The van der Waals surface area contributed by atoms with Crippen LogP contribution in [0.4, 0.5) is 5.69 Å². The van der Waals surface area contributed by atoms with Gasteiger partial charge in [-0.05, 0) is 25.0 Å². The predicted octanol–water partition coefficient (Wildman–Crippen LogP) is 1.52. The Morgan fingerprint density at radius 2 is 2.14 bits per heavy atom. The van der Waals surface area contributed by atoms with E-state index in [1.165, 1.54) is 12.1 Å². The molecule has 0 radical (unpaired) electrons. The number of aliphatic hydroxyl groups excluding tert-OH is 1. The van der Waals surface area contributed by atoms with Crippen LogP contribution in [-0.4, -0.2) is 41.3 Å². The Balaban J connectivity index is 2.20. The van der Waals surface area contributed by atoms with E-state index < -0.39 is 16.4 Å². The van der Waals surface area contributed by atoms with E-state index in [-0.39, 0.29) is 22.9 Å². The van der Waals surface area contributed by atoms with Crippen molar-refractivity contribution in [2.45, 2.75) is 18.4 Å². The molecule has 0 saturated carbocycles. The van der Waals surface area contributed by atoms with Crippen LogP contribution in [0, 0.1) is 10.1 Å². The van der Waals surface area contributed by atoms with E-state index in [0.29, 0.717) is 26.1 Å². The molecule has 1 aromatic carbocycles. The highest BCUT2D eigenvalue weighted by atomic mass is 35.5. The normalized spacial score (nSPS) is 17.2. The first kappa shape index (κ1) is 15.7. The summed E-state index contributed by atoms with van der Waals surface area (Å²) in [7, 11) is 0. The Hall–Kier alpha value is -1.70. The summed E-state index contributed by atoms with van der Waals surface area (Å²) in [4.78, 5) is 22.4. The van der Waals surface area contributed by atoms with Crippen LogP contribution in [0.5, 0.6) is 0 Å². The SMILES string of the molecule is O=C(NC1(CO)CCOCC1)c1ccc(Cl)c([N+](=O)[O-])c1. The van der Waals surface area contributed by atoms with Crippen molar-refractivity contribution in [2.75, 3.05) is 19.8 Å². The number of aliphatic hydroxyl groups is 1. The summed E-state index contributed by atoms with van der Waals surface area (Å²) in [6, 6.07) is 3.85. The number of rotatable bonds is 4. The summed E-state index contributed by atoms with van der Waals surface area (Å²) in [5.41, 5.74) is -0.941. The fraction of sp³-hybridized carbons (Fsp3) is 0.462. The first-order valence-electron chi connectivity index (χ1n) is 6.42. The third-order valence-corrected chi connectivity index (χ3v) is 3.86. The van der Waals surface area contributed by atoms with Gasteiger partial charge in [-0.25, -0.2) is 0 Å². The molecule has 1 aromatic rings. The molecule has 0 aromatic heterocycles. The highest BCUT2D eigenvalue weighted by Gasteiger charge is 2.34. The maximum absolute atomic E-state index is 12.2. The molecular formula is C13H15ClN2O5. The maximum atomic E-state index is 12.2. The number of hydrogen-bond acceptors (Lipinski definition) is 5. The predicted molar refractivity (Wildman–Crippen MR) is 75.4 cm³/mol. The van der Waals surface area contributed by atoms with E-state index in [0.717, 1.165) is 6.07 Å². The minimum Gasteiger partial charge on any atom is -0.394 e. The number of amides is 1. The van der Waals surface area contributed by atoms with E-state index in [2.05, 4.69) is 5.32 Å². The molecule has 1 heterocycles. The van der Waals surface area contributed by atoms with Crippen LogP contribution in [0.25, 0.3) is 0 Å². The lowest BCUT2D eigenvalue weighted by Crippen LogP contribution is -2.54. The van der Waals surface area contributed by atoms with Crippen LogP contribution in [0.2, 0.25) is 5.02 Å². The lowest BCUT2D eigenvalue weighted by molar-refractivity contribution is -0.384. The zero-order valence-electron chi connectivity index (χ0n) is 11.2. The molecule has 21 heavy (non-hydrogen) atoms. The number of nitro groups is 1. The summed E-state index contributed by atoms with van der Waals surface area (Å²) in [5.74, 6) is -0.481. The van der Waals surface area contributed by atoms with Crippen LogP contribution in [-0.2, 0) is 4.74 Å². The lowest BCUT2D eigenvalue weighted by atomic mass is 9.90. The summed E-state index contributed by atoms with van der Waals surface area (Å²) in [5, 5.41) is 23.1. The van der Waals surface area contributed by atoms with Gasteiger partial charge < -0.3 is 15.2 Å². The van der Waals surface area contributed by atoms with Crippen LogP contribution in [0.15, 0.2) is 18.2 Å². The van der Waals surface area contributed by atoms with E-state index >= 15 is 0 Å². The van der Waals surface area contributed by atoms with E-state index in [4.69, 9.17) is 16.3 Å². The van der Waals surface area contributed by atoms with E-state index in [9.17, 15) is 20.0 Å². The molecule has 7 nitrogen and oxygen atoms in total. The summed E-state index contributed by atoms with van der Waals surface area (Å²) >= 11 is 5.71. The molecule has 0 atom stereocenters. The van der Waals surface area contributed by atoms with Gasteiger partial charge in [-0.2, -0.15) is 0 Å². The van der Waals surface area contributed by atoms with Gasteiger partial charge >= 0.3 is 0 Å². The quantitative estimate of drug-likeness (QED) is 0.648. The minimum atomic E-state index is -0.746. The second-order valence-corrected chi connectivity index (χ2v) is 5.34. The summed E-state index contributed by atoms with van der Waals surface area (Å²) in [6.07, 6.45) is 0.982. The Morgan fingerprint density at radius 1 is 1.48 bits per heavy atom. The highest BCUT2D eigenvalue weighted by Crippen LogP contribution is 2.26. The minimum absolute atomic E-state index is 0.0283. The van der Waals surface area contributed by atoms with Crippen molar-refractivity contribution in [1.82, 2.24) is 5.32 Å². The molecule has 2 rings (SSSR count). The number of benzene rings is 1. The molecule has 0 aliphatic carbocycles. The number of hydrogen-bond donors (Lipinski definition) is 2. The van der Waals surface area contributed by atoms with E-state index in [1.54, 1.807) is 0 Å². The lowest BCUT2D eigenvalue weighted by Gasteiger charge is -2.36. The molecule has 1 saturated heterocycles. The molecule has 1 fully saturated rings. The first-order chi connectivity index (χ1) is 9.97. The van der Waals surface area contributed by atoms with Crippen molar-refractivity contribution in [3.8, 4) is 0 Å². The molecule has 1 aliphatic heterocycles. The van der Waals surface area contributed by atoms with Gasteiger partial charge in [-0.1, -0.05) is 11.6 Å². The fourth-order valence-electron chi connectivity index (χ4n) is 2.19. The number of carbonyl (C=O) groups excluding carboxylic acids is 1. The van der Waals surface area contributed by atoms with Crippen molar-refractivity contribution >= 4 is 23.2 Å². The van der Waals surface area contributed by atoms with Crippen molar-refractivity contribution in [3.05, 3.63) is 38.9 Å². The molecule has 8 heteroatoms. The average Bonchev–Trinajstić information content (AvgIpc) is 2.48. The van der Waals surface area contributed by atoms with Crippen LogP contribution in [0.3, 0.4) is 0 Å². The molecular weight excluding hydrogens is 300 g/mol. The monoisotopic (exact) mass is 314 g/mol. The van der Waals surface area contributed by atoms with Gasteiger partial charge in [0.05, 0.1) is 17.1 Å². The van der Waals surface area contributed by atoms with E-state index in [1.807, 2.05) is 0 Å². The van der Waals surface area contributed by atoms with Crippen LogP contribution in [0.1, 0.15) is 23.2 Å². The molecule has 1 aliphatic rings. The van der Waals surface area contributed by atoms with Gasteiger partial charge in [0, 0.05) is 24.8 Å². The van der Waals surface area contributed by atoms with Crippen molar-refractivity contribution in [2.24, 2.45) is 0 Å². The zero-order valence-corrected chi connectivity index (χ0v) is 11.9. The number of nitro benzene ring substituents is 1. The second kappa shape index (κ2) is 6.38. The van der Waals surface area contributed by atoms with Gasteiger partial charge in [-0.15, -0.1) is 0 Å². The Morgan fingerprint density at radius 3 is 2.71 bits per heavy atom. The van der Waals surface area contributed by atoms with Gasteiger partial charge in [-0.3, -0.25) is 14.9 Å². The Kier molecular flexibility index (Phi) is 4.76. The molecule has 0 spiro atoms. The summed E-state index contributed by atoms with van der Waals surface area (Å²) in [6.45, 7) is 0.682. The highest BCUT2D eigenvalue weighted by molar-refractivity contribution is 6.32. The third-order valence-electron chi connectivity index (χ3n) is 3.54. The van der Waals surface area contributed by atoms with Crippen molar-refractivity contribution < 1.29 is 19.6 Å². The number of halogens is 1. The van der Waals surface area contributed by atoms with Crippen molar-refractivity contribution in [1.29, 1.82) is 0 Å². The molecule has 1 amide bonds. The molecule has 0 unspecified atom stereocenters. The molecule has 2 N–H and O–H groups in total. The Bertz CT molecular complexity index is 557. The standard InChI is InChI=1S/C13H15ClN2O5/c14-10-2-1-9(7-11(10)16(19)20)12(18)15-13(8-17)3-5-21-6-4-13/h1-2,7,17H,3-6,8H2,(H,15,18). The van der Waals surface area contributed by atoms with Gasteiger partial charge in [0.25, 0.3) is 11.6 Å². The van der Waals surface area contributed by atoms with Gasteiger partial charge in [0.1, 0.15) is 5.02 Å². The summed E-state index contributed by atoms with van der Waals surface area (Å²) < 4.78 is 5.21. The number of nitrogens with zero attached hydrogens (tertiary/aromatic N) is 1. The van der Waals surface area contributed by atoms with Gasteiger partial charge in [0.15, 0.2) is 0 Å². The van der Waals surface area contributed by atoms with Crippen molar-refractivity contribution in [3.63, 3.8) is 0 Å². The smallest absolute Gasteiger partial charge is 0.288 e. The molecule has 114 valence electrons. The van der Waals surface area contributed by atoms with Crippen LogP contribution < -0.4 is 5.32 Å².